The maximum atomic E-state index is 10.7. The third kappa shape index (κ3) is 1.84. The van der Waals surface area contributed by atoms with Gasteiger partial charge in [0.15, 0.2) is 0 Å². The summed E-state index contributed by atoms with van der Waals surface area (Å²) in [6.07, 6.45) is 0. The maximum absolute atomic E-state index is 10.7. The zero-order valence-electron chi connectivity index (χ0n) is 6.37. The summed E-state index contributed by atoms with van der Waals surface area (Å²) in [7, 11) is 3.09. The first-order valence-electron chi connectivity index (χ1n) is 3.12. The molecule has 1 aliphatic heterocycles. The highest BCUT2D eigenvalue weighted by Gasteiger charge is 2.44. The molecule has 0 spiro atoms. The van der Waals surface area contributed by atoms with Crippen LogP contribution in [0.2, 0.25) is 0 Å². The second-order valence-corrected chi connectivity index (χ2v) is 5.37. The van der Waals surface area contributed by atoms with E-state index in [0.29, 0.717) is 13.1 Å². The summed E-state index contributed by atoms with van der Waals surface area (Å²) in [4.78, 5) is 0. The standard InChI is InChI=1S/C5H10ClNO3S/c1-5(10-2)3-7(4-5)11(6,8)9/h3-4H2,1-2H3. The van der Waals surface area contributed by atoms with E-state index in [4.69, 9.17) is 15.4 Å². The molecule has 0 aromatic rings. The van der Waals surface area contributed by atoms with E-state index in [9.17, 15) is 8.42 Å². The molecule has 0 N–H and O–H groups in total. The van der Waals surface area contributed by atoms with Crippen molar-refractivity contribution in [2.45, 2.75) is 12.5 Å². The number of methoxy groups -OCH3 is 1. The van der Waals surface area contributed by atoms with Gasteiger partial charge in [0.25, 0.3) is 9.24 Å². The van der Waals surface area contributed by atoms with Crippen LogP contribution < -0.4 is 0 Å². The maximum Gasteiger partial charge on any atom is 0.299 e. The lowest BCUT2D eigenvalue weighted by atomic mass is 10.0. The first-order chi connectivity index (χ1) is 4.87. The fraction of sp³-hybridized carbons (Fsp3) is 1.00. The Labute approximate surface area is 70.6 Å². The average molecular weight is 200 g/mol. The molecule has 0 aromatic heterocycles. The molecular weight excluding hydrogens is 190 g/mol. The molecule has 1 saturated heterocycles. The second-order valence-electron chi connectivity index (χ2n) is 2.86. The van der Waals surface area contributed by atoms with Crippen molar-refractivity contribution in [3.05, 3.63) is 0 Å². The van der Waals surface area contributed by atoms with Gasteiger partial charge >= 0.3 is 0 Å². The summed E-state index contributed by atoms with van der Waals surface area (Å²) in [5, 5.41) is 0. The molecule has 1 rings (SSSR count). The van der Waals surface area contributed by atoms with Crippen LogP contribution in [0.25, 0.3) is 0 Å². The van der Waals surface area contributed by atoms with E-state index in [-0.39, 0.29) is 5.60 Å². The molecule has 0 bridgehead atoms. The average Bonchev–Trinajstić information content (AvgIpc) is 1.78. The highest BCUT2D eigenvalue weighted by molar-refractivity contribution is 8.11. The molecule has 66 valence electrons. The van der Waals surface area contributed by atoms with Crippen LogP contribution in [0.3, 0.4) is 0 Å². The van der Waals surface area contributed by atoms with E-state index in [0.717, 1.165) is 4.31 Å². The molecule has 0 radical (unpaired) electrons. The second kappa shape index (κ2) is 2.58. The highest BCUT2D eigenvalue weighted by atomic mass is 35.7. The number of nitrogens with zero attached hydrogens (tertiary/aromatic N) is 1. The van der Waals surface area contributed by atoms with Gasteiger partial charge in [-0.1, -0.05) is 0 Å². The number of halogens is 1. The summed E-state index contributed by atoms with van der Waals surface area (Å²) in [6.45, 7) is 2.52. The normalized spacial score (nSPS) is 24.6. The van der Waals surface area contributed by atoms with Crippen LogP contribution in [0.1, 0.15) is 6.92 Å². The molecule has 0 aliphatic carbocycles. The van der Waals surface area contributed by atoms with E-state index in [1.54, 1.807) is 7.11 Å². The van der Waals surface area contributed by atoms with Gasteiger partial charge in [0, 0.05) is 30.9 Å². The van der Waals surface area contributed by atoms with Crippen molar-refractivity contribution in [2.75, 3.05) is 20.2 Å². The molecule has 4 nitrogen and oxygen atoms in total. The number of rotatable bonds is 2. The molecule has 0 unspecified atom stereocenters. The zero-order valence-corrected chi connectivity index (χ0v) is 7.94. The van der Waals surface area contributed by atoms with Crippen molar-refractivity contribution in [1.82, 2.24) is 4.31 Å². The smallest absolute Gasteiger partial charge is 0.299 e. The minimum atomic E-state index is -3.52. The molecule has 1 fully saturated rings. The molecule has 0 amide bonds. The van der Waals surface area contributed by atoms with Crippen LogP contribution in [0.15, 0.2) is 0 Å². The fourth-order valence-electron chi connectivity index (χ4n) is 0.983. The Morgan fingerprint density at radius 2 is 2.00 bits per heavy atom. The van der Waals surface area contributed by atoms with E-state index in [1.807, 2.05) is 6.92 Å². The van der Waals surface area contributed by atoms with Crippen molar-refractivity contribution in [3.8, 4) is 0 Å². The Morgan fingerprint density at radius 1 is 1.55 bits per heavy atom. The third-order valence-corrected chi connectivity index (χ3v) is 3.28. The Hall–Kier alpha value is 0.160. The van der Waals surface area contributed by atoms with Crippen LogP contribution in [-0.2, 0) is 14.0 Å². The van der Waals surface area contributed by atoms with Crippen LogP contribution in [0, 0.1) is 0 Å². The van der Waals surface area contributed by atoms with E-state index < -0.39 is 9.24 Å². The van der Waals surface area contributed by atoms with Crippen LogP contribution in [0.4, 0.5) is 0 Å². The van der Waals surface area contributed by atoms with Gasteiger partial charge in [0.1, 0.15) is 0 Å². The Bertz CT molecular complexity index is 244. The summed E-state index contributed by atoms with van der Waals surface area (Å²) in [5.74, 6) is 0. The molecule has 1 aliphatic rings. The molecule has 11 heavy (non-hydrogen) atoms. The molecule has 0 aromatic carbocycles. The SMILES string of the molecule is COC1(C)CN(S(=O)(=O)Cl)C1. The molecule has 0 atom stereocenters. The first kappa shape index (κ1) is 9.25. The number of ether oxygens (including phenoxy) is 1. The van der Waals surface area contributed by atoms with Crippen molar-refractivity contribution in [2.24, 2.45) is 0 Å². The predicted octanol–water partition coefficient (Wildman–Crippen LogP) is 0.191. The van der Waals surface area contributed by atoms with E-state index in [2.05, 4.69) is 0 Å². The Kier molecular flexibility index (Phi) is 2.17. The highest BCUT2D eigenvalue weighted by Crippen LogP contribution is 2.27. The van der Waals surface area contributed by atoms with Gasteiger partial charge in [-0.3, -0.25) is 0 Å². The largest absolute Gasteiger partial charge is 0.376 e. The minimum absolute atomic E-state index is 0.343. The predicted molar refractivity (Wildman–Crippen MR) is 41.8 cm³/mol. The Morgan fingerprint density at radius 3 is 2.27 bits per heavy atom. The topological polar surface area (TPSA) is 46.6 Å². The number of hydrogen-bond donors (Lipinski definition) is 0. The van der Waals surface area contributed by atoms with Crippen LogP contribution in [0.5, 0.6) is 0 Å². The quantitative estimate of drug-likeness (QED) is 0.597. The minimum Gasteiger partial charge on any atom is -0.376 e. The van der Waals surface area contributed by atoms with Gasteiger partial charge in [0.2, 0.25) is 0 Å². The first-order valence-corrected chi connectivity index (χ1v) is 5.39. The molecular formula is C5H10ClNO3S. The monoisotopic (exact) mass is 199 g/mol. The summed E-state index contributed by atoms with van der Waals surface area (Å²) in [6, 6.07) is 0. The van der Waals surface area contributed by atoms with E-state index in [1.165, 1.54) is 0 Å². The molecule has 1 heterocycles. The summed E-state index contributed by atoms with van der Waals surface area (Å²) in [5.41, 5.74) is -0.345. The third-order valence-electron chi connectivity index (χ3n) is 1.82. The van der Waals surface area contributed by atoms with Crippen LogP contribution >= 0.6 is 10.7 Å². The van der Waals surface area contributed by atoms with Gasteiger partial charge in [-0.25, -0.2) is 0 Å². The van der Waals surface area contributed by atoms with E-state index >= 15 is 0 Å². The van der Waals surface area contributed by atoms with Crippen molar-refractivity contribution in [3.63, 3.8) is 0 Å². The van der Waals surface area contributed by atoms with Gasteiger partial charge in [-0.15, -0.1) is 0 Å². The summed E-state index contributed by atoms with van der Waals surface area (Å²) >= 11 is 0. The Balaban J connectivity index is 2.54. The molecule has 0 saturated carbocycles. The summed E-state index contributed by atoms with van der Waals surface area (Å²) < 4.78 is 27.5. The number of hydrogen-bond acceptors (Lipinski definition) is 3. The lowest BCUT2D eigenvalue weighted by Crippen LogP contribution is -2.61. The lowest BCUT2D eigenvalue weighted by molar-refractivity contribution is -0.0760. The van der Waals surface area contributed by atoms with Gasteiger partial charge < -0.3 is 4.74 Å². The van der Waals surface area contributed by atoms with Crippen LogP contribution in [-0.4, -0.2) is 38.5 Å². The molecule has 6 heteroatoms. The van der Waals surface area contributed by atoms with Crippen molar-refractivity contribution in [1.29, 1.82) is 0 Å². The van der Waals surface area contributed by atoms with Gasteiger partial charge in [-0.2, -0.15) is 12.7 Å². The lowest BCUT2D eigenvalue weighted by Gasteiger charge is -2.44. The van der Waals surface area contributed by atoms with Gasteiger partial charge in [-0.05, 0) is 6.92 Å². The van der Waals surface area contributed by atoms with Crippen molar-refractivity contribution < 1.29 is 13.2 Å². The van der Waals surface area contributed by atoms with Crippen molar-refractivity contribution >= 4 is 19.9 Å². The van der Waals surface area contributed by atoms with Gasteiger partial charge in [0.05, 0.1) is 5.60 Å². The zero-order chi connectivity index (χ0) is 8.70. The fourth-order valence-corrected chi connectivity index (χ4v) is 2.13.